The minimum absolute atomic E-state index is 0.227. The van der Waals surface area contributed by atoms with E-state index in [1.54, 1.807) is 0 Å². The molecule has 2 aliphatic carbocycles. The molecule has 0 radical (unpaired) electrons. The van der Waals surface area contributed by atoms with E-state index in [2.05, 4.69) is 0 Å². The topological polar surface area (TPSA) is 63.4 Å². The molecule has 0 spiro atoms. The number of aliphatic hydroxyl groups excluding tert-OH is 1. The van der Waals surface area contributed by atoms with Gasteiger partial charge in [-0.3, -0.25) is 10.1 Å². The quantitative estimate of drug-likeness (QED) is 0.514. The Morgan fingerprint density at radius 3 is 2.08 bits per heavy atom. The molecule has 0 aromatic heterocycles. The lowest BCUT2D eigenvalue weighted by molar-refractivity contribution is -0.492. The molecule has 2 fully saturated rings. The Labute approximate surface area is 77.1 Å². The molecule has 74 valence electrons. The molecule has 1 N–H and O–H groups in total. The van der Waals surface area contributed by atoms with Gasteiger partial charge < -0.3 is 5.11 Å². The zero-order valence-corrected chi connectivity index (χ0v) is 7.56. The maximum absolute atomic E-state index is 10.2. The van der Waals surface area contributed by atoms with Gasteiger partial charge in [0.15, 0.2) is 0 Å². The van der Waals surface area contributed by atoms with Crippen LogP contribution < -0.4 is 0 Å². The predicted octanol–water partition coefficient (Wildman–Crippen LogP) is 1.06. The van der Waals surface area contributed by atoms with Crippen LogP contribution in [0.15, 0.2) is 0 Å². The van der Waals surface area contributed by atoms with E-state index in [1.165, 1.54) is 0 Å². The van der Waals surface area contributed by atoms with Gasteiger partial charge in [-0.2, -0.15) is 0 Å². The van der Waals surface area contributed by atoms with Gasteiger partial charge in [0.25, 0.3) is 0 Å². The Bertz CT molecular complexity index is 199. The van der Waals surface area contributed by atoms with Crippen LogP contribution in [-0.4, -0.2) is 22.7 Å². The summed E-state index contributed by atoms with van der Waals surface area (Å²) >= 11 is 0. The van der Waals surface area contributed by atoms with E-state index < -0.39 is 11.0 Å². The molecule has 0 amide bonds. The minimum Gasteiger partial charge on any atom is -0.386 e. The van der Waals surface area contributed by atoms with Crippen LogP contribution in [0.2, 0.25) is 0 Å². The van der Waals surface area contributed by atoms with Crippen molar-refractivity contribution in [3.05, 3.63) is 10.1 Å². The summed E-state index contributed by atoms with van der Waals surface area (Å²) in [6.07, 6.45) is 3.95. The van der Waals surface area contributed by atoms with Crippen molar-refractivity contribution in [3.8, 4) is 0 Å². The van der Waals surface area contributed by atoms with Crippen molar-refractivity contribution in [1.29, 1.82) is 0 Å². The fourth-order valence-electron chi connectivity index (χ4n) is 2.25. The molecule has 1 atom stereocenters. The van der Waals surface area contributed by atoms with E-state index >= 15 is 0 Å². The summed E-state index contributed by atoms with van der Waals surface area (Å²) in [6.45, 7) is -0.266. The smallest absolute Gasteiger partial charge is 0.229 e. The lowest BCUT2D eigenvalue weighted by Crippen LogP contribution is -2.31. The van der Waals surface area contributed by atoms with Crippen molar-refractivity contribution in [2.45, 2.75) is 31.8 Å². The SMILES string of the molecule is O=[N+]([O-])CC(O)C(C1CC1)C1CC1. The van der Waals surface area contributed by atoms with Crippen LogP contribution in [0.3, 0.4) is 0 Å². The van der Waals surface area contributed by atoms with Gasteiger partial charge in [0, 0.05) is 4.92 Å². The highest BCUT2D eigenvalue weighted by Crippen LogP contribution is 2.50. The molecular weight excluding hydrogens is 170 g/mol. The molecular formula is C9H15NO3. The van der Waals surface area contributed by atoms with E-state index in [9.17, 15) is 15.2 Å². The first kappa shape index (κ1) is 8.94. The highest BCUT2D eigenvalue weighted by molar-refractivity contribution is 4.94. The van der Waals surface area contributed by atoms with Crippen molar-refractivity contribution < 1.29 is 10.0 Å². The fourth-order valence-corrected chi connectivity index (χ4v) is 2.25. The van der Waals surface area contributed by atoms with Crippen molar-refractivity contribution >= 4 is 0 Å². The molecule has 2 aliphatic rings. The van der Waals surface area contributed by atoms with E-state index in [4.69, 9.17) is 0 Å². The van der Waals surface area contributed by atoms with E-state index in [-0.39, 0.29) is 12.5 Å². The highest BCUT2D eigenvalue weighted by Gasteiger charge is 2.46. The number of nitrogens with zero attached hydrogens (tertiary/aromatic N) is 1. The lowest BCUT2D eigenvalue weighted by Gasteiger charge is -2.18. The third kappa shape index (κ3) is 2.18. The van der Waals surface area contributed by atoms with Crippen molar-refractivity contribution in [2.24, 2.45) is 17.8 Å². The number of nitro groups is 1. The van der Waals surface area contributed by atoms with Crippen LogP contribution in [0.4, 0.5) is 0 Å². The number of hydrogen-bond acceptors (Lipinski definition) is 3. The third-order valence-electron chi connectivity index (χ3n) is 3.11. The normalized spacial score (nSPS) is 24.8. The largest absolute Gasteiger partial charge is 0.386 e. The van der Waals surface area contributed by atoms with Crippen molar-refractivity contribution in [2.75, 3.05) is 6.54 Å². The molecule has 2 saturated carbocycles. The first-order valence-corrected chi connectivity index (χ1v) is 4.98. The Morgan fingerprint density at radius 1 is 1.31 bits per heavy atom. The van der Waals surface area contributed by atoms with Crippen LogP contribution in [-0.2, 0) is 0 Å². The summed E-state index contributed by atoms with van der Waals surface area (Å²) in [5.74, 6) is 1.40. The summed E-state index contributed by atoms with van der Waals surface area (Å²) < 4.78 is 0. The fraction of sp³-hybridized carbons (Fsp3) is 1.00. The van der Waals surface area contributed by atoms with Gasteiger partial charge in [-0.05, 0) is 43.4 Å². The first-order valence-electron chi connectivity index (χ1n) is 4.98. The molecule has 13 heavy (non-hydrogen) atoms. The van der Waals surface area contributed by atoms with E-state index in [1.807, 2.05) is 0 Å². The summed E-state index contributed by atoms with van der Waals surface area (Å²) in [7, 11) is 0. The number of aliphatic hydroxyl groups is 1. The number of hydrogen-bond donors (Lipinski definition) is 1. The maximum atomic E-state index is 10.2. The van der Waals surface area contributed by atoms with Crippen LogP contribution in [0, 0.1) is 27.9 Å². The molecule has 4 nitrogen and oxygen atoms in total. The molecule has 0 heterocycles. The molecule has 4 heteroatoms. The lowest BCUT2D eigenvalue weighted by atomic mass is 9.91. The Morgan fingerprint density at radius 2 is 1.77 bits per heavy atom. The monoisotopic (exact) mass is 185 g/mol. The van der Waals surface area contributed by atoms with Gasteiger partial charge >= 0.3 is 0 Å². The molecule has 0 saturated heterocycles. The Hall–Kier alpha value is -0.640. The van der Waals surface area contributed by atoms with Gasteiger partial charge in [-0.15, -0.1) is 0 Å². The summed E-state index contributed by atoms with van der Waals surface area (Å²) in [5.41, 5.74) is 0. The first-order chi connectivity index (χ1) is 6.18. The van der Waals surface area contributed by atoms with Crippen molar-refractivity contribution in [3.63, 3.8) is 0 Å². The standard InChI is InChI=1S/C9H15NO3/c11-8(5-10(12)13)9(6-1-2-6)7-3-4-7/h6-9,11H,1-5H2. The summed E-state index contributed by atoms with van der Waals surface area (Å²) in [5, 5.41) is 19.9. The number of rotatable bonds is 5. The van der Waals surface area contributed by atoms with Crippen LogP contribution in [0.1, 0.15) is 25.7 Å². The average molecular weight is 185 g/mol. The second-order valence-electron chi connectivity index (χ2n) is 4.33. The van der Waals surface area contributed by atoms with E-state index in [0.29, 0.717) is 11.8 Å². The van der Waals surface area contributed by atoms with Gasteiger partial charge in [-0.25, -0.2) is 0 Å². The molecule has 2 rings (SSSR count). The molecule has 0 aromatic carbocycles. The molecule has 0 aliphatic heterocycles. The third-order valence-corrected chi connectivity index (χ3v) is 3.11. The predicted molar refractivity (Wildman–Crippen MR) is 46.8 cm³/mol. The molecule has 1 unspecified atom stereocenters. The van der Waals surface area contributed by atoms with Gasteiger partial charge in [-0.1, -0.05) is 0 Å². The molecule has 0 aromatic rings. The van der Waals surface area contributed by atoms with Crippen molar-refractivity contribution in [1.82, 2.24) is 0 Å². The van der Waals surface area contributed by atoms with Crippen LogP contribution in [0.25, 0.3) is 0 Å². The maximum Gasteiger partial charge on any atom is 0.229 e. The Balaban J connectivity index is 1.89. The van der Waals surface area contributed by atoms with Gasteiger partial charge in [0.2, 0.25) is 6.54 Å². The van der Waals surface area contributed by atoms with E-state index in [0.717, 1.165) is 25.7 Å². The Kier molecular flexibility index (Phi) is 2.24. The summed E-state index contributed by atoms with van der Waals surface area (Å²) in [4.78, 5) is 9.85. The zero-order valence-electron chi connectivity index (χ0n) is 7.56. The minimum atomic E-state index is -0.699. The summed E-state index contributed by atoms with van der Waals surface area (Å²) in [6, 6.07) is 0. The molecule has 0 bridgehead atoms. The van der Waals surface area contributed by atoms with Gasteiger partial charge in [0.1, 0.15) is 6.10 Å². The van der Waals surface area contributed by atoms with Crippen LogP contribution in [0.5, 0.6) is 0 Å². The van der Waals surface area contributed by atoms with Crippen LogP contribution >= 0.6 is 0 Å². The second kappa shape index (κ2) is 3.25. The zero-order chi connectivity index (χ0) is 9.42. The average Bonchev–Trinajstić information content (AvgIpc) is 2.75. The van der Waals surface area contributed by atoms with Gasteiger partial charge in [0.05, 0.1) is 0 Å². The highest BCUT2D eigenvalue weighted by atomic mass is 16.6. The second-order valence-corrected chi connectivity index (χ2v) is 4.33.